The van der Waals surface area contributed by atoms with E-state index in [1.54, 1.807) is 26.4 Å². The number of aryl methyl sites for hydroxylation is 1. The third-order valence-electron chi connectivity index (χ3n) is 4.99. The predicted molar refractivity (Wildman–Crippen MR) is 118 cm³/mol. The van der Waals surface area contributed by atoms with Gasteiger partial charge in [-0.1, -0.05) is 52.0 Å². The van der Waals surface area contributed by atoms with Crippen molar-refractivity contribution in [1.29, 1.82) is 0 Å². The summed E-state index contributed by atoms with van der Waals surface area (Å²) in [5.74, 6) is 1.66. The number of carbonyl (C=O) groups is 2. The van der Waals surface area contributed by atoms with Crippen LogP contribution in [0.3, 0.4) is 0 Å². The van der Waals surface area contributed by atoms with Gasteiger partial charge in [0.05, 0.1) is 19.8 Å². The van der Waals surface area contributed by atoms with E-state index in [0.29, 0.717) is 35.7 Å². The first-order chi connectivity index (χ1) is 14.0. The van der Waals surface area contributed by atoms with Gasteiger partial charge in [-0.25, -0.2) is 0 Å². The van der Waals surface area contributed by atoms with Crippen molar-refractivity contribution in [2.75, 3.05) is 14.2 Å². The van der Waals surface area contributed by atoms with Gasteiger partial charge in [0.25, 0.3) is 0 Å². The lowest BCUT2D eigenvalue weighted by atomic mass is 9.95. The molecule has 0 amide bonds. The third-order valence-corrected chi connectivity index (χ3v) is 4.99. The van der Waals surface area contributed by atoms with Crippen LogP contribution in [0.15, 0.2) is 36.4 Å². The molecule has 0 aromatic heterocycles. The van der Waals surface area contributed by atoms with E-state index in [9.17, 15) is 9.59 Å². The zero-order chi connectivity index (χ0) is 21.8. The summed E-state index contributed by atoms with van der Waals surface area (Å²) in [6.45, 7) is 8.02. The maximum Gasteiger partial charge on any atom is 0.153 e. The van der Waals surface area contributed by atoms with E-state index in [2.05, 4.69) is 6.07 Å². The van der Waals surface area contributed by atoms with Crippen molar-refractivity contribution in [1.82, 2.24) is 0 Å². The minimum Gasteiger partial charge on any atom is -0.496 e. The van der Waals surface area contributed by atoms with Gasteiger partial charge in [0, 0.05) is 24.3 Å². The highest BCUT2D eigenvalue weighted by atomic mass is 16.5. The molecule has 2 rings (SSSR count). The van der Waals surface area contributed by atoms with Gasteiger partial charge >= 0.3 is 0 Å². The van der Waals surface area contributed by atoms with E-state index in [1.807, 2.05) is 45.9 Å². The Morgan fingerprint density at radius 3 is 2.34 bits per heavy atom. The zero-order valence-corrected chi connectivity index (χ0v) is 18.6. The molecule has 0 radical (unpaired) electrons. The first-order valence-electron chi connectivity index (χ1n) is 10.3. The van der Waals surface area contributed by atoms with Crippen LogP contribution in [0.4, 0.5) is 0 Å². The van der Waals surface area contributed by atoms with Gasteiger partial charge < -0.3 is 9.47 Å². The average Bonchev–Trinajstić information content (AvgIpc) is 2.78. The Morgan fingerprint density at radius 1 is 1.07 bits per heavy atom. The number of ether oxygens (including phenoxy) is 2. The topological polar surface area (TPSA) is 52.6 Å². The van der Waals surface area contributed by atoms with E-state index in [-0.39, 0.29) is 5.92 Å². The highest BCUT2D eigenvalue weighted by Gasteiger charge is 2.16. The molecule has 2 aromatic rings. The maximum absolute atomic E-state index is 12.1. The molecule has 0 fully saturated rings. The van der Waals surface area contributed by atoms with Crippen molar-refractivity contribution >= 4 is 12.1 Å². The van der Waals surface area contributed by atoms with Crippen LogP contribution in [0, 0.1) is 5.92 Å². The number of carbonyl (C=O) groups excluding carboxylic acids is 2. The fourth-order valence-corrected chi connectivity index (χ4v) is 3.16. The molecule has 0 spiro atoms. The highest BCUT2D eigenvalue weighted by Crippen LogP contribution is 2.33. The van der Waals surface area contributed by atoms with Crippen molar-refractivity contribution in [3.63, 3.8) is 0 Å². The minimum absolute atomic E-state index is 0.118. The fraction of sp³-hybridized carbons (Fsp3) is 0.440. The molecular formula is C25H34O4. The monoisotopic (exact) mass is 398 g/mol. The molecule has 0 aliphatic rings. The van der Waals surface area contributed by atoms with E-state index < -0.39 is 0 Å². The second-order valence-electron chi connectivity index (χ2n) is 6.76. The average molecular weight is 399 g/mol. The smallest absolute Gasteiger partial charge is 0.153 e. The van der Waals surface area contributed by atoms with Crippen molar-refractivity contribution in [2.24, 2.45) is 5.92 Å². The first-order valence-corrected chi connectivity index (χ1v) is 10.3. The lowest BCUT2D eigenvalue weighted by Gasteiger charge is -2.15. The Bertz CT molecular complexity index is 795. The van der Waals surface area contributed by atoms with Crippen LogP contribution in [0.1, 0.15) is 67.6 Å². The number of methoxy groups -OCH3 is 2. The molecule has 0 bridgehead atoms. The summed E-state index contributed by atoms with van der Waals surface area (Å²) in [7, 11) is 3.16. The first kappa shape index (κ1) is 24.4. The molecule has 29 heavy (non-hydrogen) atoms. The van der Waals surface area contributed by atoms with Gasteiger partial charge in [-0.2, -0.15) is 0 Å². The second kappa shape index (κ2) is 12.8. The Labute approximate surface area is 175 Å². The Morgan fingerprint density at radius 2 is 1.76 bits per heavy atom. The summed E-state index contributed by atoms with van der Waals surface area (Å²) in [4.78, 5) is 23.4. The molecule has 4 heteroatoms. The summed E-state index contributed by atoms with van der Waals surface area (Å²) < 4.78 is 10.9. The van der Waals surface area contributed by atoms with Crippen molar-refractivity contribution < 1.29 is 19.1 Å². The number of ketones is 1. The third kappa shape index (κ3) is 6.74. The molecule has 0 aliphatic heterocycles. The molecule has 0 heterocycles. The number of aldehydes is 1. The van der Waals surface area contributed by atoms with Crippen molar-refractivity contribution in [3.05, 3.63) is 58.7 Å². The number of benzene rings is 2. The summed E-state index contributed by atoms with van der Waals surface area (Å²) in [6.07, 6.45) is 3.55. The van der Waals surface area contributed by atoms with Gasteiger partial charge in [0.1, 0.15) is 17.3 Å². The van der Waals surface area contributed by atoms with Crippen LogP contribution in [0.2, 0.25) is 0 Å². The highest BCUT2D eigenvalue weighted by molar-refractivity contribution is 5.81. The molecule has 0 N–H and O–H groups in total. The minimum atomic E-state index is 0.118. The lowest BCUT2D eigenvalue weighted by molar-refractivity contribution is -0.122. The Hall–Kier alpha value is -2.62. The number of Topliss-reactive ketones (excluding diaryl/α,β-unsaturated/α-hetero) is 1. The van der Waals surface area contributed by atoms with Gasteiger partial charge in [-0.3, -0.25) is 9.59 Å². The van der Waals surface area contributed by atoms with Gasteiger partial charge in [0.15, 0.2) is 6.29 Å². The standard InChI is InChI=1S/C23H28O4.C2H6/c1-5-16(2)21(25)11-9-17-7-6-8-18(13-17)14-20-22(26-3)12-10-19(15-24)23(20)27-4;1-2/h6-8,10,12-13,15-16H,5,9,11,14H2,1-4H3;1-2H3. The van der Waals surface area contributed by atoms with Crippen LogP contribution in [0.25, 0.3) is 0 Å². The molecule has 1 atom stereocenters. The molecule has 1 unspecified atom stereocenters. The largest absolute Gasteiger partial charge is 0.496 e. The second-order valence-corrected chi connectivity index (χ2v) is 6.76. The SMILES string of the molecule is CC.CCC(C)C(=O)CCc1cccc(Cc2c(OC)ccc(C=O)c2OC)c1. The van der Waals surface area contributed by atoms with Crippen LogP contribution in [0.5, 0.6) is 11.5 Å². The molecule has 2 aromatic carbocycles. The molecular weight excluding hydrogens is 364 g/mol. The number of rotatable bonds is 10. The summed E-state index contributed by atoms with van der Waals surface area (Å²) in [5, 5.41) is 0. The van der Waals surface area contributed by atoms with Crippen molar-refractivity contribution in [2.45, 2.75) is 53.4 Å². The number of hydrogen-bond donors (Lipinski definition) is 0. The van der Waals surface area contributed by atoms with Gasteiger partial charge in [-0.05, 0) is 36.1 Å². The van der Waals surface area contributed by atoms with E-state index in [1.165, 1.54) is 0 Å². The lowest BCUT2D eigenvalue weighted by Crippen LogP contribution is -2.10. The molecule has 4 nitrogen and oxygen atoms in total. The van der Waals surface area contributed by atoms with E-state index >= 15 is 0 Å². The molecule has 158 valence electrons. The van der Waals surface area contributed by atoms with Crippen LogP contribution in [-0.2, 0) is 17.6 Å². The predicted octanol–water partition coefficient (Wildman–Crippen LogP) is 5.68. The van der Waals surface area contributed by atoms with Crippen LogP contribution >= 0.6 is 0 Å². The molecule has 0 saturated heterocycles. The number of hydrogen-bond acceptors (Lipinski definition) is 4. The van der Waals surface area contributed by atoms with Crippen LogP contribution in [-0.4, -0.2) is 26.3 Å². The zero-order valence-electron chi connectivity index (χ0n) is 18.6. The summed E-state index contributed by atoms with van der Waals surface area (Å²) in [5.41, 5.74) is 3.57. The Balaban J connectivity index is 0.00000204. The van der Waals surface area contributed by atoms with Crippen molar-refractivity contribution in [3.8, 4) is 11.5 Å². The van der Waals surface area contributed by atoms with E-state index in [0.717, 1.165) is 35.8 Å². The van der Waals surface area contributed by atoms with Gasteiger partial charge in [0.2, 0.25) is 0 Å². The Kier molecular flexibility index (Phi) is 10.7. The molecule has 0 saturated carbocycles. The van der Waals surface area contributed by atoms with E-state index in [4.69, 9.17) is 9.47 Å². The summed E-state index contributed by atoms with van der Waals surface area (Å²) in [6, 6.07) is 11.7. The quantitative estimate of drug-likeness (QED) is 0.483. The van der Waals surface area contributed by atoms with Gasteiger partial charge in [-0.15, -0.1) is 0 Å². The van der Waals surface area contributed by atoms with Crippen LogP contribution < -0.4 is 9.47 Å². The fourth-order valence-electron chi connectivity index (χ4n) is 3.16. The summed E-state index contributed by atoms with van der Waals surface area (Å²) >= 11 is 0. The maximum atomic E-state index is 12.1. The molecule has 0 aliphatic carbocycles. The normalized spacial score (nSPS) is 11.1.